The number of rotatable bonds is 22. The van der Waals surface area contributed by atoms with Gasteiger partial charge in [0.2, 0.25) is 0 Å². The molecule has 0 saturated heterocycles. The average molecular weight is 949 g/mol. The van der Waals surface area contributed by atoms with Crippen molar-refractivity contribution in [2.75, 3.05) is 32.3 Å². The van der Waals surface area contributed by atoms with Crippen LogP contribution in [0.4, 0.5) is 0 Å². The first-order valence-corrected chi connectivity index (χ1v) is 26.4. The molecule has 0 aromatic heterocycles. The van der Waals surface area contributed by atoms with Crippen LogP contribution in [0.15, 0.2) is 119 Å². The summed E-state index contributed by atoms with van der Waals surface area (Å²) in [5.41, 5.74) is 3.91. The number of carbonyl (C=O) groups is 2. The summed E-state index contributed by atoms with van der Waals surface area (Å²) in [6.07, 6.45) is 14.4. The zero-order valence-electron chi connectivity index (χ0n) is 41.1. The van der Waals surface area contributed by atoms with Crippen molar-refractivity contribution < 1.29 is 38.0 Å². The van der Waals surface area contributed by atoms with Crippen LogP contribution < -0.4 is 18.9 Å². The molecule has 0 radical (unpaired) electrons. The van der Waals surface area contributed by atoms with E-state index in [0.29, 0.717) is 28.7 Å². The number of ether oxygens (including phenoxy) is 6. The van der Waals surface area contributed by atoms with Crippen LogP contribution in [0.2, 0.25) is 0 Å². The normalized spacial score (nSPS) is 16.5. The molecule has 8 nitrogen and oxygen atoms in total. The molecule has 0 bridgehead atoms. The highest BCUT2D eigenvalue weighted by atomic mass is 32.2. The van der Waals surface area contributed by atoms with Gasteiger partial charge < -0.3 is 28.4 Å². The smallest absolute Gasteiger partial charge is 0.333 e. The Labute approximate surface area is 409 Å². The average Bonchev–Trinajstić information content (AvgIpc) is 3.34. The van der Waals surface area contributed by atoms with Crippen LogP contribution in [-0.4, -0.2) is 62.1 Å². The van der Waals surface area contributed by atoms with Gasteiger partial charge >= 0.3 is 11.9 Å². The Morgan fingerprint density at radius 1 is 0.627 bits per heavy atom. The number of thioether (sulfide) groups is 2. The molecule has 360 valence electrons. The number of benzene rings is 4. The van der Waals surface area contributed by atoms with Crippen molar-refractivity contribution in [1.29, 1.82) is 0 Å². The molecule has 67 heavy (non-hydrogen) atoms. The second-order valence-corrected chi connectivity index (χ2v) is 21.0. The fourth-order valence-corrected chi connectivity index (χ4v) is 9.74. The predicted octanol–water partition coefficient (Wildman–Crippen LogP) is 14.2. The van der Waals surface area contributed by atoms with Gasteiger partial charge in [0, 0.05) is 26.4 Å². The molecule has 4 aromatic rings. The highest BCUT2D eigenvalue weighted by Crippen LogP contribution is 2.45. The first-order chi connectivity index (χ1) is 32.1. The van der Waals surface area contributed by atoms with Crippen LogP contribution in [0.1, 0.15) is 140 Å². The van der Waals surface area contributed by atoms with Crippen LogP contribution in [0, 0.1) is 0 Å². The summed E-state index contributed by atoms with van der Waals surface area (Å²) in [5.74, 6) is 2.73. The van der Waals surface area contributed by atoms with Gasteiger partial charge in [0.15, 0.2) is 11.7 Å². The Balaban J connectivity index is 1.30. The summed E-state index contributed by atoms with van der Waals surface area (Å²) in [5, 5.41) is 0. The van der Waals surface area contributed by atoms with E-state index >= 15 is 0 Å². The predicted molar refractivity (Wildman–Crippen MR) is 274 cm³/mol. The third kappa shape index (κ3) is 14.1. The maximum absolute atomic E-state index is 13.0. The Bertz CT molecular complexity index is 2290. The van der Waals surface area contributed by atoms with E-state index in [1.165, 1.54) is 47.9 Å². The van der Waals surface area contributed by atoms with Crippen molar-refractivity contribution >= 4 is 35.5 Å². The maximum Gasteiger partial charge on any atom is 0.333 e. The monoisotopic (exact) mass is 948 g/mol. The van der Waals surface area contributed by atoms with Crippen LogP contribution in [0.3, 0.4) is 0 Å². The molecule has 4 aromatic carbocycles. The van der Waals surface area contributed by atoms with Gasteiger partial charge in [0.05, 0.1) is 0 Å². The molecular weight excluding hydrogens is 877 g/mol. The topological polar surface area (TPSA) is 89.5 Å². The zero-order valence-corrected chi connectivity index (χ0v) is 42.7. The van der Waals surface area contributed by atoms with Crippen molar-refractivity contribution in [3.05, 3.63) is 131 Å². The third-order valence-electron chi connectivity index (χ3n) is 13.3. The number of hydrogen-bond acceptors (Lipinski definition) is 10. The quantitative estimate of drug-likeness (QED) is 0.0431. The van der Waals surface area contributed by atoms with Gasteiger partial charge in [-0.15, -0.1) is 23.5 Å². The lowest BCUT2D eigenvalue weighted by Gasteiger charge is -2.33. The van der Waals surface area contributed by atoms with E-state index in [1.54, 1.807) is 37.4 Å². The van der Waals surface area contributed by atoms with Crippen molar-refractivity contribution in [3.63, 3.8) is 0 Å². The van der Waals surface area contributed by atoms with E-state index in [-0.39, 0.29) is 25.2 Å². The SMILES string of the molecule is C=C(C)C(=O)OC(C)C(COc1ccc(SC)cc1)Oc1ccc(C(C)(C)c2ccc(OCC(C)(COc3ccc(SC)cc3)OC(=O)C(=C)C)c(C3CCCCC3)c2)cc1C1CCCCC1. The molecule has 2 saturated carbocycles. The minimum absolute atomic E-state index is 0.102. The first kappa shape index (κ1) is 51.6. The summed E-state index contributed by atoms with van der Waals surface area (Å²) >= 11 is 3.34. The second kappa shape index (κ2) is 24.0. The number of hydrogen-bond donors (Lipinski definition) is 0. The van der Waals surface area contributed by atoms with Gasteiger partial charge in [-0.25, -0.2) is 9.59 Å². The lowest BCUT2D eigenvalue weighted by atomic mass is 9.74. The van der Waals surface area contributed by atoms with E-state index in [2.05, 4.69) is 63.4 Å². The molecule has 2 fully saturated rings. The van der Waals surface area contributed by atoms with Gasteiger partial charge in [-0.2, -0.15) is 0 Å². The van der Waals surface area contributed by atoms with Gasteiger partial charge in [-0.1, -0.05) is 89.8 Å². The summed E-state index contributed by atoms with van der Waals surface area (Å²) in [6.45, 7) is 19.6. The highest BCUT2D eigenvalue weighted by Gasteiger charge is 2.35. The van der Waals surface area contributed by atoms with Crippen LogP contribution >= 0.6 is 23.5 Å². The summed E-state index contributed by atoms with van der Waals surface area (Å²) < 4.78 is 38.1. The van der Waals surface area contributed by atoms with Crippen LogP contribution in [-0.2, 0) is 24.5 Å². The Morgan fingerprint density at radius 2 is 1.09 bits per heavy atom. The minimum atomic E-state index is -1.09. The third-order valence-corrected chi connectivity index (χ3v) is 14.8. The van der Waals surface area contributed by atoms with Crippen LogP contribution in [0.5, 0.6) is 23.0 Å². The van der Waals surface area contributed by atoms with Gasteiger partial charge in [0.1, 0.15) is 48.9 Å². The van der Waals surface area contributed by atoms with E-state index in [0.717, 1.165) is 65.6 Å². The molecular formula is C57H72O8S2. The van der Waals surface area contributed by atoms with Crippen molar-refractivity contribution in [2.45, 2.75) is 151 Å². The van der Waals surface area contributed by atoms with E-state index in [9.17, 15) is 9.59 Å². The molecule has 0 N–H and O–H groups in total. The standard InChI is InChI=1S/C57H72O8S2/c1-38(2)54(58)63-40(5)53(35-60-45-23-27-47(66-9)28-24-45)64-52-32-22-44(34-50(52)42-19-15-12-16-20-42)56(6,7)43-21-31-51(49(33-43)41-17-13-11-14-18-41)62-37-57(8,65-55(59)39(3)4)36-61-46-25-29-48(67-10)30-26-46/h21-34,40-42,53H,1,3,11-20,35-37H2,2,4-10H3. The van der Waals surface area contributed by atoms with Crippen LogP contribution in [0.25, 0.3) is 0 Å². The fraction of sp³-hybridized carbons (Fsp3) is 0.474. The number of carbonyl (C=O) groups excluding carboxylic acids is 2. The minimum Gasteiger partial charge on any atom is -0.490 e. The van der Waals surface area contributed by atoms with Gasteiger partial charge in [0.25, 0.3) is 0 Å². The van der Waals surface area contributed by atoms with E-state index < -0.39 is 29.7 Å². The molecule has 10 heteroatoms. The molecule has 0 aliphatic heterocycles. The lowest BCUT2D eigenvalue weighted by Crippen LogP contribution is -2.44. The maximum atomic E-state index is 13.0. The highest BCUT2D eigenvalue weighted by molar-refractivity contribution is 7.98. The Morgan fingerprint density at radius 3 is 1.58 bits per heavy atom. The van der Waals surface area contributed by atoms with Crippen molar-refractivity contribution in [2.24, 2.45) is 0 Å². The van der Waals surface area contributed by atoms with Gasteiger partial charge in [-0.05, 0) is 161 Å². The Kier molecular flexibility index (Phi) is 18.5. The molecule has 6 rings (SSSR count). The largest absolute Gasteiger partial charge is 0.490 e. The summed E-state index contributed by atoms with van der Waals surface area (Å²) in [4.78, 5) is 28.1. The summed E-state index contributed by atoms with van der Waals surface area (Å²) in [7, 11) is 0. The molecule has 0 heterocycles. The molecule has 2 aliphatic rings. The molecule has 0 amide bonds. The lowest BCUT2D eigenvalue weighted by molar-refractivity contribution is -0.159. The molecule has 0 spiro atoms. The van der Waals surface area contributed by atoms with Crippen molar-refractivity contribution in [3.8, 4) is 23.0 Å². The summed E-state index contributed by atoms with van der Waals surface area (Å²) in [6, 6.07) is 29.2. The Hall–Kier alpha value is -4.80. The van der Waals surface area contributed by atoms with E-state index in [1.807, 2.05) is 74.9 Å². The van der Waals surface area contributed by atoms with Crippen molar-refractivity contribution in [1.82, 2.24) is 0 Å². The van der Waals surface area contributed by atoms with Gasteiger partial charge in [-0.3, -0.25) is 0 Å². The van der Waals surface area contributed by atoms with E-state index in [4.69, 9.17) is 28.4 Å². The second-order valence-electron chi connectivity index (χ2n) is 19.2. The molecule has 3 unspecified atom stereocenters. The fourth-order valence-electron chi connectivity index (χ4n) is 8.92. The first-order valence-electron chi connectivity index (χ1n) is 24.0. The number of esters is 2. The zero-order chi connectivity index (χ0) is 48.1. The molecule has 2 aliphatic carbocycles. The molecule has 3 atom stereocenters.